The molecule has 4 N–H and O–H groups in total. The van der Waals surface area contributed by atoms with E-state index in [1.807, 2.05) is 48.5 Å². The average molecular weight is 480 g/mol. The van der Waals surface area contributed by atoms with Gasteiger partial charge in [0, 0.05) is 12.0 Å². The van der Waals surface area contributed by atoms with Crippen LogP contribution >= 0.6 is 0 Å². The number of nitrogens with one attached hydrogen (secondary N) is 3. The van der Waals surface area contributed by atoms with E-state index >= 15 is 0 Å². The van der Waals surface area contributed by atoms with E-state index in [-0.39, 0.29) is 31.7 Å². The van der Waals surface area contributed by atoms with Crippen LogP contribution in [0.15, 0.2) is 48.5 Å². The van der Waals surface area contributed by atoms with Crippen LogP contribution in [0.2, 0.25) is 0 Å². The van der Waals surface area contributed by atoms with Crippen LogP contribution in [0.1, 0.15) is 42.7 Å². The molecule has 2 aliphatic carbocycles. The maximum atomic E-state index is 12.2. The molecule has 0 aromatic heterocycles. The van der Waals surface area contributed by atoms with Gasteiger partial charge in [-0.05, 0) is 41.5 Å². The lowest BCUT2D eigenvalue weighted by molar-refractivity contribution is -0.143. The summed E-state index contributed by atoms with van der Waals surface area (Å²) in [5.74, 6) is -2.30. The third-order valence-electron chi connectivity index (χ3n) is 6.57. The van der Waals surface area contributed by atoms with Crippen LogP contribution in [-0.4, -0.2) is 54.7 Å². The van der Waals surface area contributed by atoms with E-state index in [0.29, 0.717) is 19.3 Å². The number of carbonyl (C=O) groups is 4. The highest BCUT2D eigenvalue weighted by Gasteiger charge is 2.29. The fourth-order valence-electron chi connectivity index (χ4n) is 4.87. The van der Waals surface area contributed by atoms with E-state index in [1.54, 1.807) is 0 Å². The summed E-state index contributed by atoms with van der Waals surface area (Å²) in [7, 11) is 0. The Morgan fingerprint density at radius 3 is 2.14 bits per heavy atom. The molecule has 9 heteroatoms. The minimum absolute atomic E-state index is 0.0776. The Morgan fingerprint density at radius 2 is 1.49 bits per heavy atom. The molecular formula is C26H29N3O6. The van der Waals surface area contributed by atoms with E-state index in [1.165, 1.54) is 0 Å². The van der Waals surface area contributed by atoms with E-state index < -0.39 is 29.8 Å². The van der Waals surface area contributed by atoms with E-state index in [4.69, 9.17) is 9.84 Å². The molecule has 2 atom stereocenters. The predicted octanol–water partition coefficient (Wildman–Crippen LogP) is 2.40. The number of rotatable bonds is 8. The van der Waals surface area contributed by atoms with Crippen LogP contribution in [0.4, 0.5) is 4.79 Å². The SMILES string of the molecule is O=C(CNC(=O)OCC1c2ccccc2-c2ccccc21)NCC(=O)N[C@H]1CCC[C@@H](C(=O)O)C1. The van der Waals surface area contributed by atoms with Gasteiger partial charge in [-0.15, -0.1) is 0 Å². The number of fused-ring (bicyclic) bond motifs is 3. The summed E-state index contributed by atoms with van der Waals surface area (Å²) in [4.78, 5) is 47.4. The monoisotopic (exact) mass is 479 g/mol. The lowest BCUT2D eigenvalue weighted by atomic mass is 9.86. The molecule has 0 radical (unpaired) electrons. The average Bonchev–Trinajstić information content (AvgIpc) is 3.19. The van der Waals surface area contributed by atoms with Gasteiger partial charge in [0.15, 0.2) is 0 Å². The van der Waals surface area contributed by atoms with E-state index in [9.17, 15) is 19.2 Å². The molecule has 0 aliphatic heterocycles. The molecule has 0 saturated heterocycles. The molecule has 1 saturated carbocycles. The van der Waals surface area contributed by atoms with Gasteiger partial charge in [-0.2, -0.15) is 0 Å². The zero-order chi connectivity index (χ0) is 24.8. The van der Waals surface area contributed by atoms with Crippen molar-refractivity contribution in [3.63, 3.8) is 0 Å². The molecule has 4 rings (SSSR count). The van der Waals surface area contributed by atoms with Gasteiger partial charge in [-0.25, -0.2) is 4.79 Å². The van der Waals surface area contributed by atoms with Crippen molar-refractivity contribution in [1.29, 1.82) is 0 Å². The van der Waals surface area contributed by atoms with Crippen molar-refractivity contribution >= 4 is 23.9 Å². The van der Waals surface area contributed by atoms with Crippen molar-refractivity contribution < 1.29 is 29.0 Å². The summed E-state index contributed by atoms with van der Waals surface area (Å²) < 4.78 is 5.39. The first-order valence-corrected chi connectivity index (χ1v) is 11.8. The van der Waals surface area contributed by atoms with Crippen LogP contribution in [0.5, 0.6) is 0 Å². The third-order valence-corrected chi connectivity index (χ3v) is 6.57. The molecule has 2 aromatic rings. The summed E-state index contributed by atoms with van der Waals surface area (Å²) in [6.45, 7) is -0.434. The summed E-state index contributed by atoms with van der Waals surface area (Å²) >= 11 is 0. The Hall–Kier alpha value is -3.88. The van der Waals surface area contributed by atoms with Gasteiger partial charge >= 0.3 is 12.1 Å². The van der Waals surface area contributed by atoms with E-state index in [2.05, 4.69) is 16.0 Å². The molecule has 3 amide bonds. The van der Waals surface area contributed by atoms with Crippen molar-refractivity contribution in [2.24, 2.45) is 5.92 Å². The molecule has 0 spiro atoms. The van der Waals surface area contributed by atoms with Crippen molar-refractivity contribution in [3.05, 3.63) is 59.7 Å². The van der Waals surface area contributed by atoms with Gasteiger partial charge in [-0.3, -0.25) is 14.4 Å². The maximum Gasteiger partial charge on any atom is 0.407 e. The molecule has 9 nitrogen and oxygen atoms in total. The summed E-state index contributed by atoms with van der Waals surface area (Å²) in [5, 5.41) is 16.8. The number of amides is 3. The predicted molar refractivity (Wildman–Crippen MR) is 128 cm³/mol. The molecular weight excluding hydrogens is 450 g/mol. The standard InChI is InChI=1S/C26H29N3O6/c30-23(27-14-24(31)29-17-7-5-6-16(12-17)25(32)33)13-28-26(34)35-15-22-20-10-3-1-8-18(20)19-9-2-4-11-21(19)22/h1-4,8-11,16-17,22H,5-7,12-15H2,(H,27,30)(H,28,34)(H,29,31)(H,32,33)/t16-,17+/m1/s1. The number of benzene rings is 2. The van der Waals surface area contributed by atoms with Crippen LogP contribution in [0.3, 0.4) is 0 Å². The summed E-state index contributed by atoms with van der Waals surface area (Å²) in [5.41, 5.74) is 4.44. The second kappa shape index (κ2) is 11.0. The fraction of sp³-hybridized carbons (Fsp3) is 0.385. The van der Waals surface area contributed by atoms with Gasteiger partial charge in [0.25, 0.3) is 0 Å². The first-order valence-electron chi connectivity index (χ1n) is 11.8. The molecule has 2 aliphatic rings. The van der Waals surface area contributed by atoms with Crippen LogP contribution in [0.25, 0.3) is 11.1 Å². The molecule has 0 unspecified atom stereocenters. The quantitative estimate of drug-likeness (QED) is 0.459. The number of carboxylic acids is 1. The van der Waals surface area contributed by atoms with Gasteiger partial charge in [-0.1, -0.05) is 55.0 Å². The van der Waals surface area contributed by atoms with Gasteiger partial charge in [0.1, 0.15) is 13.2 Å². The van der Waals surface area contributed by atoms with E-state index in [0.717, 1.165) is 28.7 Å². The lowest BCUT2D eigenvalue weighted by Gasteiger charge is -2.27. The first-order chi connectivity index (χ1) is 16.9. The Kier molecular flexibility index (Phi) is 7.64. The lowest BCUT2D eigenvalue weighted by Crippen LogP contribution is -2.46. The third kappa shape index (κ3) is 5.98. The minimum Gasteiger partial charge on any atom is -0.481 e. The highest BCUT2D eigenvalue weighted by Crippen LogP contribution is 2.44. The smallest absolute Gasteiger partial charge is 0.407 e. The molecule has 0 heterocycles. The van der Waals surface area contributed by atoms with Crippen LogP contribution in [0, 0.1) is 5.92 Å². The number of hydrogen-bond acceptors (Lipinski definition) is 5. The topological polar surface area (TPSA) is 134 Å². The Labute approximate surface area is 203 Å². The van der Waals surface area contributed by atoms with Gasteiger partial charge in [0.2, 0.25) is 11.8 Å². The summed E-state index contributed by atoms with van der Waals surface area (Å²) in [6, 6.07) is 15.8. The number of ether oxygens (including phenoxy) is 1. The number of carbonyl (C=O) groups excluding carboxylic acids is 3. The Bertz CT molecular complexity index is 1070. The highest BCUT2D eigenvalue weighted by atomic mass is 16.5. The van der Waals surface area contributed by atoms with Gasteiger partial charge in [0.05, 0.1) is 12.5 Å². The molecule has 1 fully saturated rings. The molecule has 184 valence electrons. The number of aliphatic carboxylic acids is 1. The van der Waals surface area contributed by atoms with Crippen molar-refractivity contribution in [2.75, 3.05) is 19.7 Å². The Morgan fingerprint density at radius 1 is 0.857 bits per heavy atom. The second-order valence-corrected chi connectivity index (χ2v) is 8.92. The van der Waals surface area contributed by atoms with Crippen molar-refractivity contribution in [2.45, 2.75) is 37.6 Å². The number of alkyl carbamates (subject to hydrolysis) is 1. The molecule has 2 aromatic carbocycles. The zero-order valence-electron chi connectivity index (χ0n) is 19.3. The normalized spacial score (nSPS) is 18.6. The molecule has 35 heavy (non-hydrogen) atoms. The largest absolute Gasteiger partial charge is 0.481 e. The van der Waals surface area contributed by atoms with Crippen molar-refractivity contribution in [1.82, 2.24) is 16.0 Å². The summed E-state index contributed by atoms with van der Waals surface area (Å²) in [6.07, 6.45) is 1.73. The maximum absolute atomic E-state index is 12.2. The number of hydrogen-bond donors (Lipinski definition) is 4. The minimum atomic E-state index is -0.850. The van der Waals surface area contributed by atoms with Crippen molar-refractivity contribution in [3.8, 4) is 11.1 Å². The second-order valence-electron chi connectivity index (χ2n) is 8.92. The highest BCUT2D eigenvalue weighted by molar-refractivity contribution is 5.87. The van der Waals surface area contributed by atoms with Crippen LogP contribution < -0.4 is 16.0 Å². The zero-order valence-corrected chi connectivity index (χ0v) is 19.3. The van der Waals surface area contributed by atoms with Crippen LogP contribution in [-0.2, 0) is 19.1 Å². The molecule has 0 bridgehead atoms. The Balaban J connectivity index is 1.17. The fourth-order valence-corrected chi connectivity index (χ4v) is 4.87. The number of carboxylic acid groups (broad SMARTS) is 1. The van der Waals surface area contributed by atoms with Gasteiger partial charge < -0.3 is 25.8 Å². The first kappa shape index (κ1) is 24.3.